The normalized spacial score (nSPS) is 16.7. The highest BCUT2D eigenvalue weighted by atomic mass is 16.5. The Morgan fingerprint density at radius 3 is 2.23 bits per heavy atom. The summed E-state index contributed by atoms with van der Waals surface area (Å²) in [5.41, 5.74) is 4.32. The Morgan fingerprint density at radius 2 is 1.57 bits per heavy atom. The van der Waals surface area contributed by atoms with Crippen molar-refractivity contribution in [2.24, 2.45) is 0 Å². The number of amides is 2. The maximum absolute atomic E-state index is 13.7. The molecule has 1 aliphatic rings. The molecule has 2 amide bonds. The lowest BCUT2D eigenvalue weighted by molar-refractivity contribution is -0.128. The molecule has 1 fully saturated rings. The summed E-state index contributed by atoms with van der Waals surface area (Å²) in [6, 6.07) is 21.8. The Balaban J connectivity index is 1.81. The molecule has 0 saturated carbocycles. The molecule has 1 saturated heterocycles. The van der Waals surface area contributed by atoms with Crippen LogP contribution in [0, 0.1) is 13.8 Å². The lowest BCUT2D eigenvalue weighted by Crippen LogP contribution is -2.56. The number of anilines is 2. The molecule has 3 aromatic rings. The zero-order valence-electron chi connectivity index (χ0n) is 17.3. The third-order valence-corrected chi connectivity index (χ3v) is 5.65. The molecule has 4 rings (SSSR count). The molecule has 0 unspecified atom stereocenters. The van der Waals surface area contributed by atoms with E-state index >= 15 is 0 Å². The van der Waals surface area contributed by atoms with E-state index in [-0.39, 0.29) is 18.4 Å². The van der Waals surface area contributed by atoms with Crippen LogP contribution >= 0.6 is 0 Å². The fourth-order valence-electron chi connectivity index (χ4n) is 3.89. The SMILES string of the molecule is COc1ccc(N2C(=O)CN(c3cccc(C)c3C)C(=O)[C@@H]2c2ccccc2)cc1. The molecule has 1 aliphatic heterocycles. The Hall–Kier alpha value is -3.60. The molecule has 0 aliphatic carbocycles. The highest BCUT2D eigenvalue weighted by Crippen LogP contribution is 2.36. The van der Waals surface area contributed by atoms with Crippen LogP contribution in [-0.2, 0) is 9.59 Å². The average molecular weight is 400 g/mol. The average Bonchev–Trinajstić information content (AvgIpc) is 2.77. The lowest BCUT2D eigenvalue weighted by Gasteiger charge is -2.41. The molecule has 0 spiro atoms. The molecular formula is C25H24N2O3. The Kier molecular flexibility index (Phi) is 5.27. The third kappa shape index (κ3) is 3.43. The van der Waals surface area contributed by atoms with E-state index in [0.29, 0.717) is 11.4 Å². The van der Waals surface area contributed by atoms with E-state index in [9.17, 15) is 9.59 Å². The fourth-order valence-corrected chi connectivity index (χ4v) is 3.89. The summed E-state index contributed by atoms with van der Waals surface area (Å²) >= 11 is 0. The van der Waals surface area contributed by atoms with Gasteiger partial charge in [0.15, 0.2) is 0 Å². The van der Waals surface area contributed by atoms with Gasteiger partial charge in [-0.15, -0.1) is 0 Å². The molecule has 1 heterocycles. The second-order valence-electron chi connectivity index (χ2n) is 7.42. The van der Waals surface area contributed by atoms with Gasteiger partial charge in [0.05, 0.1) is 7.11 Å². The minimum absolute atomic E-state index is 0.00150. The van der Waals surface area contributed by atoms with Crippen LogP contribution in [0.4, 0.5) is 11.4 Å². The topological polar surface area (TPSA) is 49.9 Å². The number of methoxy groups -OCH3 is 1. The molecule has 0 aromatic heterocycles. The molecule has 1 atom stereocenters. The smallest absolute Gasteiger partial charge is 0.255 e. The van der Waals surface area contributed by atoms with E-state index in [0.717, 1.165) is 22.4 Å². The number of carbonyl (C=O) groups is 2. The van der Waals surface area contributed by atoms with Gasteiger partial charge >= 0.3 is 0 Å². The van der Waals surface area contributed by atoms with Gasteiger partial charge in [-0.25, -0.2) is 0 Å². The molecule has 152 valence electrons. The monoisotopic (exact) mass is 400 g/mol. The number of carbonyl (C=O) groups excluding carboxylic acids is 2. The Labute approximate surface area is 176 Å². The van der Waals surface area contributed by atoms with Gasteiger partial charge in [0, 0.05) is 11.4 Å². The van der Waals surface area contributed by atoms with E-state index in [4.69, 9.17) is 4.74 Å². The van der Waals surface area contributed by atoms with E-state index < -0.39 is 6.04 Å². The number of hydrogen-bond acceptors (Lipinski definition) is 3. The molecule has 30 heavy (non-hydrogen) atoms. The maximum atomic E-state index is 13.7. The lowest BCUT2D eigenvalue weighted by atomic mass is 9.98. The predicted molar refractivity (Wildman–Crippen MR) is 118 cm³/mol. The van der Waals surface area contributed by atoms with Gasteiger partial charge in [-0.1, -0.05) is 42.5 Å². The van der Waals surface area contributed by atoms with Crippen molar-refractivity contribution in [3.8, 4) is 5.75 Å². The van der Waals surface area contributed by atoms with Gasteiger partial charge in [-0.3, -0.25) is 14.5 Å². The molecular weight excluding hydrogens is 376 g/mol. The summed E-state index contributed by atoms with van der Waals surface area (Å²) < 4.78 is 5.24. The Morgan fingerprint density at radius 1 is 0.867 bits per heavy atom. The van der Waals surface area contributed by atoms with Gasteiger partial charge in [0.2, 0.25) is 5.91 Å². The first kappa shape index (κ1) is 19.7. The van der Waals surface area contributed by atoms with Crippen molar-refractivity contribution in [1.29, 1.82) is 0 Å². The second-order valence-corrected chi connectivity index (χ2v) is 7.42. The molecule has 0 N–H and O–H groups in total. The minimum atomic E-state index is -0.735. The van der Waals surface area contributed by atoms with Crippen LogP contribution in [0.15, 0.2) is 72.8 Å². The van der Waals surface area contributed by atoms with Gasteiger partial charge < -0.3 is 9.64 Å². The fraction of sp³-hybridized carbons (Fsp3) is 0.200. The molecule has 5 heteroatoms. The van der Waals surface area contributed by atoms with E-state index in [1.807, 2.05) is 74.5 Å². The van der Waals surface area contributed by atoms with Crippen molar-refractivity contribution in [3.63, 3.8) is 0 Å². The highest BCUT2D eigenvalue weighted by Gasteiger charge is 2.42. The van der Waals surface area contributed by atoms with Crippen LogP contribution in [0.25, 0.3) is 0 Å². The van der Waals surface area contributed by atoms with Gasteiger partial charge in [0.25, 0.3) is 5.91 Å². The third-order valence-electron chi connectivity index (χ3n) is 5.65. The maximum Gasteiger partial charge on any atom is 0.255 e. The number of aryl methyl sites for hydroxylation is 1. The quantitative estimate of drug-likeness (QED) is 0.651. The molecule has 0 radical (unpaired) electrons. The number of piperazine rings is 1. The van der Waals surface area contributed by atoms with Crippen LogP contribution in [0.1, 0.15) is 22.7 Å². The minimum Gasteiger partial charge on any atom is -0.497 e. The number of rotatable bonds is 4. The number of hydrogen-bond donors (Lipinski definition) is 0. The van der Waals surface area contributed by atoms with Gasteiger partial charge in [0.1, 0.15) is 18.3 Å². The van der Waals surface area contributed by atoms with Crippen LogP contribution in [0.5, 0.6) is 5.75 Å². The van der Waals surface area contributed by atoms with E-state index in [1.54, 1.807) is 29.0 Å². The summed E-state index contributed by atoms with van der Waals surface area (Å²) in [4.78, 5) is 30.3. The zero-order chi connectivity index (χ0) is 21.3. The second kappa shape index (κ2) is 8.03. The zero-order valence-corrected chi connectivity index (χ0v) is 17.3. The summed E-state index contributed by atoms with van der Waals surface area (Å²) in [5, 5.41) is 0. The number of ether oxygens (including phenoxy) is 1. The van der Waals surface area contributed by atoms with Crippen LogP contribution in [0.2, 0.25) is 0 Å². The van der Waals surface area contributed by atoms with E-state index in [2.05, 4.69) is 0 Å². The first-order chi connectivity index (χ1) is 14.5. The highest BCUT2D eigenvalue weighted by molar-refractivity contribution is 6.14. The number of benzene rings is 3. The van der Waals surface area contributed by atoms with Crippen LogP contribution < -0.4 is 14.5 Å². The van der Waals surface area contributed by atoms with Crippen LogP contribution in [-0.4, -0.2) is 25.5 Å². The van der Waals surface area contributed by atoms with Crippen molar-refractivity contribution in [2.45, 2.75) is 19.9 Å². The van der Waals surface area contributed by atoms with Gasteiger partial charge in [-0.05, 0) is 60.9 Å². The number of nitrogens with zero attached hydrogens (tertiary/aromatic N) is 2. The summed E-state index contributed by atoms with van der Waals surface area (Å²) in [6.07, 6.45) is 0. The Bertz CT molecular complexity index is 1080. The molecule has 3 aromatic carbocycles. The summed E-state index contributed by atoms with van der Waals surface area (Å²) in [6.45, 7) is 3.99. The predicted octanol–water partition coefficient (Wildman–Crippen LogP) is 4.43. The summed E-state index contributed by atoms with van der Waals surface area (Å²) in [5.74, 6) is 0.447. The first-order valence-electron chi connectivity index (χ1n) is 9.90. The first-order valence-corrected chi connectivity index (χ1v) is 9.90. The summed E-state index contributed by atoms with van der Waals surface area (Å²) in [7, 11) is 1.60. The van der Waals surface area contributed by atoms with Crippen molar-refractivity contribution in [3.05, 3.63) is 89.5 Å². The van der Waals surface area contributed by atoms with Gasteiger partial charge in [-0.2, -0.15) is 0 Å². The van der Waals surface area contributed by atoms with Crippen molar-refractivity contribution < 1.29 is 14.3 Å². The van der Waals surface area contributed by atoms with Crippen molar-refractivity contribution in [1.82, 2.24) is 0 Å². The van der Waals surface area contributed by atoms with Crippen molar-refractivity contribution >= 4 is 23.2 Å². The largest absolute Gasteiger partial charge is 0.497 e. The van der Waals surface area contributed by atoms with Crippen molar-refractivity contribution in [2.75, 3.05) is 23.5 Å². The van der Waals surface area contributed by atoms with E-state index in [1.165, 1.54) is 0 Å². The molecule has 5 nitrogen and oxygen atoms in total. The molecule has 0 bridgehead atoms. The standard InChI is InChI=1S/C25H24N2O3/c1-17-8-7-11-22(18(17)2)26-16-23(28)27(20-12-14-21(30-3)15-13-20)24(25(26)29)19-9-5-4-6-10-19/h4-15,24H,16H2,1-3H3/t24-/m0/s1. The van der Waals surface area contributed by atoms with Crippen LogP contribution in [0.3, 0.4) is 0 Å².